The number of hydrogen-bond donors (Lipinski definition) is 1. The third kappa shape index (κ3) is 4.41. The van der Waals surface area contributed by atoms with Crippen LogP contribution in [0.1, 0.15) is 28.8 Å². The third-order valence-electron chi connectivity index (χ3n) is 5.71. The molecule has 156 valence electrons. The highest BCUT2D eigenvalue weighted by Gasteiger charge is 2.23. The van der Waals surface area contributed by atoms with Crippen LogP contribution in [0.15, 0.2) is 60.7 Å². The summed E-state index contributed by atoms with van der Waals surface area (Å²) >= 11 is 0. The minimum atomic E-state index is -0.00203. The van der Waals surface area contributed by atoms with Gasteiger partial charge in [0, 0.05) is 24.7 Å². The molecular weight excluding hydrogens is 376 g/mol. The first-order valence-corrected chi connectivity index (χ1v) is 10.4. The van der Waals surface area contributed by atoms with Crippen molar-refractivity contribution in [2.24, 2.45) is 0 Å². The Hall–Kier alpha value is -3.05. The van der Waals surface area contributed by atoms with Crippen molar-refractivity contribution in [3.05, 3.63) is 71.8 Å². The highest BCUT2D eigenvalue weighted by molar-refractivity contribution is 5.95. The van der Waals surface area contributed by atoms with Crippen molar-refractivity contribution in [3.63, 3.8) is 0 Å². The molecule has 0 radical (unpaired) electrons. The van der Waals surface area contributed by atoms with Crippen LogP contribution >= 0.6 is 0 Å². The van der Waals surface area contributed by atoms with E-state index in [-0.39, 0.29) is 5.91 Å². The molecule has 1 atom stereocenters. The summed E-state index contributed by atoms with van der Waals surface area (Å²) in [6, 6.07) is 20.4. The summed E-state index contributed by atoms with van der Waals surface area (Å²) in [6.45, 7) is 2.26. The highest BCUT2D eigenvalue weighted by Crippen LogP contribution is 2.28. The quantitative estimate of drug-likeness (QED) is 0.640. The molecule has 5 heteroatoms. The van der Waals surface area contributed by atoms with Gasteiger partial charge in [-0.1, -0.05) is 36.4 Å². The zero-order valence-corrected chi connectivity index (χ0v) is 17.6. The standard InChI is InChI=1S/C25H28N2O3/c1-29-23-12-11-21(15-24(23)30-2)25(28)27(17-22-8-5-13-26-22)16-18-9-10-19-6-3-4-7-20(19)14-18/h3-4,6-7,9-12,14-15,22,26H,5,8,13,16-17H2,1-2H3. The van der Waals surface area contributed by atoms with Crippen molar-refractivity contribution in [2.75, 3.05) is 27.3 Å². The van der Waals surface area contributed by atoms with E-state index in [1.807, 2.05) is 17.0 Å². The number of fused-ring (bicyclic) bond motifs is 1. The van der Waals surface area contributed by atoms with Gasteiger partial charge in [0.25, 0.3) is 5.91 Å². The minimum Gasteiger partial charge on any atom is -0.493 e. The first-order valence-electron chi connectivity index (χ1n) is 10.4. The second kappa shape index (κ2) is 9.18. The van der Waals surface area contributed by atoms with Gasteiger partial charge in [0.2, 0.25) is 0 Å². The van der Waals surface area contributed by atoms with E-state index in [1.54, 1.807) is 32.4 Å². The first-order chi connectivity index (χ1) is 14.7. The normalized spacial score (nSPS) is 15.9. The molecule has 30 heavy (non-hydrogen) atoms. The smallest absolute Gasteiger partial charge is 0.254 e. The Balaban J connectivity index is 1.62. The second-order valence-electron chi connectivity index (χ2n) is 7.73. The van der Waals surface area contributed by atoms with E-state index in [2.05, 4.69) is 35.6 Å². The lowest BCUT2D eigenvalue weighted by atomic mass is 10.1. The van der Waals surface area contributed by atoms with Gasteiger partial charge in [0.1, 0.15) is 0 Å². The Bertz CT molecular complexity index is 1030. The fraction of sp³-hybridized carbons (Fsp3) is 0.320. The van der Waals surface area contributed by atoms with Gasteiger partial charge in [-0.25, -0.2) is 0 Å². The van der Waals surface area contributed by atoms with Gasteiger partial charge in [-0.15, -0.1) is 0 Å². The molecule has 0 aromatic heterocycles. The largest absolute Gasteiger partial charge is 0.493 e. The summed E-state index contributed by atoms with van der Waals surface area (Å²) in [7, 11) is 3.18. The van der Waals surface area contributed by atoms with Crippen molar-refractivity contribution >= 4 is 16.7 Å². The summed E-state index contributed by atoms with van der Waals surface area (Å²) in [4.78, 5) is 15.4. The molecule has 1 N–H and O–H groups in total. The second-order valence-corrected chi connectivity index (χ2v) is 7.73. The molecule has 4 rings (SSSR count). The van der Waals surface area contributed by atoms with E-state index < -0.39 is 0 Å². The minimum absolute atomic E-state index is 0.00203. The van der Waals surface area contributed by atoms with E-state index in [0.717, 1.165) is 24.9 Å². The van der Waals surface area contributed by atoms with E-state index >= 15 is 0 Å². The molecule has 1 amide bonds. The van der Waals surface area contributed by atoms with Gasteiger partial charge in [0.05, 0.1) is 14.2 Å². The monoisotopic (exact) mass is 404 g/mol. The Morgan fingerprint density at radius 1 is 1.00 bits per heavy atom. The Kier molecular flexibility index (Phi) is 6.19. The number of nitrogens with one attached hydrogen (secondary N) is 1. The SMILES string of the molecule is COc1ccc(C(=O)N(Cc2ccc3ccccc3c2)CC2CCCN2)cc1OC. The zero-order valence-electron chi connectivity index (χ0n) is 17.6. The van der Waals surface area contributed by atoms with Crippen LogP contribution in [0, 0.1) is 0 Å². The molecule has 0 bridgehead atoms. The van der Waals surface area contributed by atoms with Crippen molar-refractivity contribution < 1.29 is 14.3 Å². The van der Waals surface area contributed by atoms with Crippen LogP contribution in [0.3, 0.4) is 0 Å². The number of carbonyl (C=O) groups excluding carboxylic acids is 1. The number of amides is 1. The topological polar surface area (TPSA) is 50.8 Å². The lowest BCUT2D eigenvalue weighted by Gasteiger charge is -2.26. The lowest BCUT2D eigenvalue weighted by Crippen LogP contribution is -2.40. The van der Waals surface area contributed by atoms with Crippen molar-refractivity contribution in [1.82, 2.24) is 10.2 Å². The van der Waals surface area contributed by atoms with Crippen LogP contribution in [0.25, 0.3) is 10.8 Å². The molecule has 1 heterocycles. The lowest BCUT2D eigenvalue weighted by molar-refractivity contribution is 0.0728. The Morgan fingerprint density at radius 3 is 2.53 bits per heavy atom. The summed E-state index contributed by atoms with van der Waals surface area (Å²) < 4.78 is 10.7. The number of nitrogens with zero attached hydrogens (tertiary/aromatic N) is 1. The predicted molar refractivity (Wildman–Crippen MR) is 119 cm³/mol. The average Bonchev–Trinajstić information content (AvgIpc) is 3.30. The number of methoxy groups -OCH3 is 2. The van der Waals surface area contributed by atoms with E-state index in [0.29, 0.717) is 36.2 Å². The number of ether oxygens (including phenoxy) is 2. The molecule has 3 aromatic carbocycles. The maximum atomic E-state index is 13.5. The molecule has 3 aromatic rings. The summed E-state index contributed by atoms with van der Waals surface area (Å²) in [6.07, 6.45) is 2.24. The Labute approximate surface area is 177 Å². The van der Waals surface area contributed by atoms with E-state index in [4.69, 9.17) is 9.47 Å². The number of rotatable bonds is 7. The van der Waals surface area contributed by atoms with Crippen LogP contribution in [0.5, 0.6) is 11.5 Å². The molecule has 0 aliphatic carbocycles. The van der Waals surface area contributed by atoms with Gasteiger partial charge in [0.15, 0.2) is 11.5 Å². The van der Waals surface area contributed by atoms with Gasteiger partial charge in [-0.2, -0.15) is 0 Å². The molecule has 1 aliphatic heterocycles. The van der Waals surface area contributed by atoms with Crippen molar-refractivity contribution in [2.45, 2.75) is 25.4 Å². The number of carbonyl (C=O) groups is 1. The van der Waals surface area contributed by atoms with Gasteiger partial charge >= 0.3 is 0 Å². The Morgan fingerprint density at radius 2 is 1.80 bits per heavy atom. The highest BCUT2D eigenvalue weighted by atomic mass is 16.5. The van der Waals surface area contributed by atoms with Crippen LogP contribution in [0.4, 0.5) is 0 Å². The summed E-state index contributed by atoms with van der Waals surface area (Å²) in [5, 5.41) is 5.90. The molecule has 1 aliphatic rings. The molecule has 1 fully saturated rings. The van der Waals surface area contributed by atoms with Crippen molar-refractivity contribution in [1.29, 1.82) is 0 Å². The molecule has 0 saturated carbocycles. The average molecular weight is 405 g/mol. The zero-order chi connectivity index (χ0) is 20.9. The molecule has 1 unspecified atom stereocenters. The molecule has 5 nitrogen and oxygen atoms in total. The van der Waals surface area contributed by atoms with Gasteiger partial charge in [-0.05, 0) is 60.0 Å². The summed E-state index contributed by atoms with van der Waals surface area (Å²) in [5.74, 6) is 1.18. The van der Waals surface area contributed by atoms with Gasteiger partial charge < -0.3 is 19.7 Å². The van der Waals surface area contributed by atoms with Crippen LogP contribution < -0.4 is 14.8 Å². The van der Waals surface area contributed by atoms with Crippen LogP contribution in [-0.2, 0) is 6.54 Å². The first kappa shape index (κ1) is 20.2. The fourth-order valence-electron chi connectivity index (χ4n) is 4.11. The van der Waals surface area contributed by atoms with E-state index in [9.17, 15) is 4.79 Å². The number of benzene rings is 3. The third-order valence-corrected chi connectivity index (χ3v) is 5.71. The summed E-state index contributed by atoms with van der Waals surface area (Å²) in [5.41, 5.74) is 1.73. The molecule has 1 saturated heterocycles. The van der Waals surface area contributed by atoms with Crippen LogP contribution in [0.2, 0.25) is 0 Å². The predicted octanol–water partition coefficient (Wildman–Crippen LogP) is 4.25. The fourth-order valence-corrected chi connectivity index (χ4v) is 4.11. The maximum Gasteiger partial charge on any atom is 0.254 e. The molecular formula is C25H28N2O3. The molecule has 0 spiro atoms. The maximum absolute atomic E-state index is 13.5. The van der Waals surface area contributed by atoms with E-state index in [1.165, 1.54) is 10.8 Å². The van der Waals surface area contributed by atoms with Gasteiger partial charge in [-0.3, -0.25) is 4.79 Å². The number of hydrogen-bond acceptors (Lipinski definition) is 4. The van der Waals surface area contributed by atoms with Crippen LogP contribution in [-0.4, -0.2) is 44.2 Å². The van der Waals surface area contributed by atoms with Crippen molar-refractivity contribution in [3.8, 4) is 11.5 Å².